The first-order valence-electron chi connectivity index (χ1n) is 7.62. The van der Waals surface area contributed by atoms with E-state index >= 15 is 0 Å². The van der Waals surface area contributed by atoms with E-state index < -0.39 is 0 Å². The Morgan fingerprint density at radius 3 is 2.58 bits per heavy atom. The number of hydrogen-bond donors (Lipinski definition) is 1. The van der Waals surface area contributed by atoms with E-state index in [1.165, 1.54) is 6.92 Å². The summed E-state index contributed by atoms with van der Waals surface area (Å²) in [6, 6.07) is 10.9. The molecule has 1 N–H and O–H groups in total. The van der Waals surface area contributed by atoms with E-state index in [0.29, 0.717) is 23.7 Å². The van der Waals surface area contributed by atoms with Crippen LogP contribution < -0.4 is 19.5 Å². The minimum atomic E-state index is -0.363. The number of esters is 1. The van der Waals surface area contributed by atoms with Crippen LogP contribution in [0, 0.1) is 0 Å². The molecule has 2 aromatic rings. The summed E-state index contributed by atoms with van der Waals surface area (Å²) in [7, 11) is 0. The van der Waals surface area contributed by atoms with Gasteiger partial charge in [-0.05, 0) is 29.3 Å². The Balaban J connectivity index is 1.71. The smallest absolute Gasteiger partial charge is 0.308 e. The second-order valence-corrected chi connectivity index (χ2v) is 5.76. The number of hydrogen-bond acceptors (Lipinski definition) is 5. The SMILES string of the molecule is CC(=O)Oc1ccc([C@H]2CC(=O)Nc3cc4c(cc32)OCO4)cc1. The topological polar surface area (TPSA) is 73.9 Å². The normalized spacial score (nSPS) is 17.9. The number of carbonyl (C=O) groups is 2. The van der Waals surface area contributed by atoms with E-state index in [1.54, 1.807) is 18.2 Å². The van der Waals surface area contributed by atoms with Crippen molar-refractivity contribution in [2.24, 2.45) is 0 Å². The Morgan fingerprint density at radius 2 is 1.88 bits per heavy atom. The van der Waals surface area contributed by atoms with Crippen molar-refractivity contribution in [1.82, 2.24) is 0 Å². The fourth-order valence-corrected chi connectivity index (χ4v) is 3.08. The molecule has 1 atom stereocenters. The number of anilines is 1. The fourth-order valence-electron chi connectivity index (χ4n) is 3.08. The Bertz CT molecular complexity index is 828. The molecule has 122 valence electrons. The molecule has 4 rings (SSSR count). The zero-order chi connectivity index (χ0) is 16.7. The van der Waals surface area contributed by atoms with Crippen molar-refractivity contribution < 1.29 is 23.8 Å². The Hall–Kier alpha value is -3.02. The highest BCUT2D eigenvalue weighted by molar-refractivity contribution is 5.96. The summed E-state index contributed by atoms with van der Waals surface area (Å²) in [4.78, 5) is 23.1. The van der Waals surface area contributed by atoms with Crippen molar-refractivity contribution in [3.05, 3.63) is 47.5 Å². The summed E-state index contributed by atoms with van der Waals surface area (Å²) in [5, 5.41) is 2.88. The van der Waals surface area contributed by atoms with Gasteiger partial charge in [-0.3, -0.25) is 9.59 Å². The van der Waals surface area contributed by atoms with E-state index in [4.69, 9.17) is 14.2 Å². The van der Waals surface area contributed by atoms with Crippen LogP contribution in [-0.2, 0) is 9.59 Å². The van der Waals surface area contributed by atoms with Gasteiger partial charge in [0, 0.05) is 31.0 Å². The van der Waals surface area contributed by atoms with Crippen molar-refractivity contribution in [3.8, 4) is 17.2 Å². The van der Waals surface area contributed by atoms with Gasteiger partial charge in [-0.25, -0.2) is 0 Å². The fraction of sp³-hybridized carbons (Fsp3) is 0.222. The van der Waals surface area contributed by atoms with Crippen molar-refractivity contribution in [2.75, 3.05) is 12.1 Å². The molecule has 1 amide bonds. The predicted molar refractivity (Wildman–Crippen MR) is 85.4 cm³/mol. The lowest BCUT2D eigenvalue weighted by molar-refractivity contribution is -0.131. The summed E-state index contributed by atoms with van der Waals surface area (Å²) in [5.74, 6) is 1.31. The number of ether oxygens (including phenoxy) is 3. The molecule has 0 saturated heterocycles. The molecule has 2 aliphatic heterocycles. The number of fused-ring (bicyclic) bond motifs is 2. The van der Waals surface area contributed by atoms with Crippen LogP contribution in [-0.4, -0.2) is 18.7 Å². The third-order valence-corrected chi connectivity index (χ3v) is 4.13. The molecule has 2 aliphatic rings. The molecule has 0 fully saturated rings. The zero-order valence-corrected chi connectivity index (χ0v) is 13.0. The number of rotatable bonds is 2. The lowest BCUT2D eigenvalue weighted by Gasteiger charge is -2.26. The monoisotopic (exact) mass is 325 g/mol. The van der Waals surface area contributed by atoms with Crippen LogP contribution in [0.1, 0.15) is 30.4 Å². The third kappa shape index (κ3) is 2.56. The van der Waals surface area contributed by atoms with Gasteiger partial charge in [-0.2, -0.15) is 0 Å². The molecule has 0 unspecified atom stereocenters. The maximum absolute atomic E-state index is 12.1. The van der Waals surface area contributed by atoms with Gasteiger partial charge in [0.15, 0.2) is 11.5 Å². The lowest BCUT2D eigenvalue weighted by atomic mass is 9.84. The molecule has 0 aliphatic carbocycles. The van der Waals surface area contributed by atoms with Gasteiger partial charge in [-0.15, -0.1) is 0 Å². The van der Waals surface area contributed by atoms with E-state index in [0.717, 1.165) is 16.8 Å². The van der Waals surface area contributed by atoms with Gasteiger partial charge in [0.2, 0.25) is 12.7 Å². The quantitative estimate of drug-likeness (QED) is 0.679. The second kappa shape index (κ2) is 5.56. The Kier molecular flexibility index (Phi) is 3.37. The first-order valence-corrected chi connectivity index (χ1v) is 7.62. The minimum Gasteiger partial charge on any atom is -0.454 e. The van der Waals surface area contributed by atoms with Crippen LogP contribution in [0.3, 0.4) is 0 Å². The lowest BCUT2D eigenvalue weighted by Crippen LogP contribution is -2.23. The highest BCUT2D eigenvalue weighted by Gasteiger charge is 2.29. The number of nitrogens with one attached hydrogen (secondary N) is 1. The Morgan fingerprint density at radius 1 is 1.17 bits per heavy atom. The summed E-state index contributed by atoms with van der Waals surface area (Å²) >= 11 is 0. The average molecular weight is 325 g/mol. The van der Waals surface area contributed by atoms with Crippen LogP contribution in [0.15, 0.2) is 36.4 Å². The minimum absolute atomic E-state index is 0.0459. The van der Waals surface area contributed by atoms with Crippen molar-refractivity contribution in [3.63, 3.8) is 0 Å². The van der Waals surface area contributed by atoms with Crippen LogP contribution in [0.5, 0.6) is 17.2 Å². The van der Waals surface area contributed by atoms with Crippen LogP contribution >= 0.6 is 0 Å². The van der Waals surface area contributed by atoms with Gasteiger partial charge in [0.1, 0.15) is 5.75 Å². The number of carbonyl (C=O) groups excluding carboxylic acids is 2. The highest BCUT2D eigenvalue weighted by atomic mass is 16.7. The van der Waals surface area contributed by atoms with E-state index in [1.807, 2.05) is 18.2 Å². The van der Waals surface area contributed by atoms with Crippen molar-refractivity contribution in [1.29, 1.82) is 0 Å². The van der Waals surface area contributed by atoms with Gasteiger partial charge >= 0.3 is 5.97 Å². The molecule has 6 nitrogen and oxygen atoms in total. The molecular formula is C18H15NO5. The largest absolute Gasteiger partial charge is 0.454 e. The summed E-state index contributed by atoms with van der Waals surface area (Å²) in [6.07, 6.45) is 0.347. The molecule has 2 heterocycles. The molecule has 0 aromatic heterocycles. The van der Waals surface area contributed by atoms with E-state index in [-0.39, 0.29) is 24.6 Å². The van der Waals surface area contributed by atoms with Crippen LogP contribution in [0.25, 0.3) is 0 Å². The molecule has 2 aromatic carbocycles. The number of benzene rings is 2. The van der Waals surface area contributed by atoms with Crippen LogP contribution in [0.4, 0.5) is 5.69 Å². The van der Waals surface area contributed by atoms with Crippen molar-refractivity contribution >= 4 is 17.6 Å². The standard InChI is InChI=1S/C18H15NO5/c1-10(20)24-12-4-2-11(3-5-12)13-7-18(21)19-15-8-17-16(6-14(13)15)22-9-23-17/h2-6,8,13H,7,9H2,1H3,(H,19,21)/t13-/m1/s1. The summed E-state index contributed by atoms with van der Waals surface area (Å²) < 4.78 is 15.9. The molecule has 0 radical (unpaired) electrons. The first kappa shape index (κ1) is 14.6. The van der Waals surface area contributed by atoms with Gasteiger partial charge < -0.3 is 19.5 Å². The van der Waals surface area contributed by atoms with Crippen molar-refractivity contribution in [2.45, 2.75) is 19.3 Å². The van der Waals surface area contributed by atoms with E-state index in [2.05, 4.69) is 5.32 Å². The highest BCUT2D eigenvalue weighted by Crippen LogP contribution is 2.44. The average Bonchev–Trinajstić information content (AvgIpc) is 2.99. The van der Waals surface area contributed by atoms with Crippen LogP contribution in [0.2, 0.25) is 0 Å². The molecular weight excluding hydrogens is 310 g/mol. The van der Waals surface area contributed by atoms with Gasteiger partial charge in [-0.1, -0.05) is 12.1 Å². The second-order valence-electron chi connectivity index (χ2n) is 5.76. The maximum Gasteiger partial charge on any atom is 0.308 e. The summed E-state index contributed by atoms with van der Waals surface area (Å²) in [5.41, 5.74) is 2.70. The maximum atomic E-state index is 12.1. The molecule has 24 heavy (non-hydrogen) atoms. The molecule has 0 bridgehead atoms. The molecule has 6 heteroatoms. The Labute approximate surface area is 138 Å². The zero-order valence-electron chi connectivity index (χ0n) is 13.0. The molecule has 0 saturated carbocycles. The predicted octanol–water partition coefficient (Wildman–Crippen LogP) is 2.81. The molecule has 0 spiro atoms. The first-order chi connectivity index (χ1) is 11.6. The number of amides is 1. The van der Waals surface area contributed by atoms with Gasteiger partial charge in [0.25, 0.3) is 0 Å². The van der Waals surface area contributed by atoms with Gasteiger partial charge in [0.05, 0.1) is 0 Å². The van der Waals surface area contributed by atoms with E-state index in [9.17, 15) is 9.59 Å². The summed E-state index contributed by atoms with van der Waals surface area (Å²) in [6.45, 7) is 1.55. The third-order valence-electron chi connectivity index (χ3n) is 4.13.